The van der Waals surface area contributed by atoms with E-state index in [1.807, 2.05) is 35.0 Å². The monoisotopic (exact) mass is 335 g/mol. The van der Waals surface area contributed by atoms with Gasteiger partial charge >= 0.3 is 0 Å². The van der Waals surface area contributed by atoms with Crippen LogP contribution in [0.15, 0.2) is 30.3 Å². The molecule has 2 heterocycles. The first-order valence-electron chi connectivity index (χ1n) is 7.06. The van der Waals surface area contributed by atoms with Crippen LogP contribution in [0.5, 0.6) is 0 Å². The highest BCUT2D eigenvalue weighted by Crippen LogP contribution is 2.26. The average Bonchev–Trinajstić information content (AvgIpc) is 2.98. The van der Waals surface area contributed by atoms with E-state index >= 15 is 0 Å². The third-order valence-electron chi connectivity index (χ3n) is 3.78. The highest BCUT2D eigenvalue weighted by atomic mass is 79.9. The zero-order valence-electron chi connectivity index (χ0n) is 11.3. The average molecular weight is 336 g/mol. The van der Waals surface area contributed by atoms with E-state index in [4.69, 9.17) is 0 Å². The lowest BCUT2D eigenvalue weighted by Gasteiger charge is -2.35. The molecule has 1 aliphatic rings. The Kier molecular flexibility index (Phi) is 4.30. The number of tetrazole rings is 1. The van der Waals surface area contributed by atoms with E-state index in [-0.39, 0.29) is 0 Å². The van der Waals surface area contributed by atoms with Gasteiger partial charge in [0.25, 0.3) is 5.95 Å². The summed E-state index contributed by atoms with van der Waals surface area (Å²) in [6.07, 6.45) is 4.84. The Balaban J connectivity index is 1.92. The number of benzene rings is 1. The van der Waals surface area contributed by atoms with Crippen LogP contribution in [0, 0.1) is 0 Å². The highest BCUT2D eigenvalue weighted by molar-refractivity contribution is 9.09. The Morgan fingerprint density at radius 2 is 2.05 bits per heavy atom. The quantitative estimate of drug-likeness (QED) is 0.806. The Bertz CT molecular complexity index is 540. The van der Waals surface area contributed by atoms with Crippen molar-refractivity contribution in [1.29, 1.82) is 0 Å². The first kappa shape index (κ1) is 13.5. The minimum absolute atomic E-state index is 0.525. The molecule has 20 heavy (non-hydrogen) atoms. The molecule has 1 aromatic carbocycles. The van der Waals surface area contributed by atoms with E-state index in [0.29, 0.717) is 6.04 Å². The number of halogens is 1. The molecule has 6 heteroatoms. The fraction of sp³-hybridized carbons (Fsp3) is 0.500. The third kappa shape index (κ3) is 2.70. The molecule has 3 rings (SSSR count). The second kappa shape index (κ2) is 6.35. The molecule has 0 radical (unpaired) electrons. The Morgan fingerprint density at radius 1 is 1.20 bits per heavy atom. The molecule has 1 atom stereocenters. The number of aromatic nitrogens is 4. The normalized spacial score (nSPS) is 19.2. The van der Waals surface area contributed by atoms with Gasteiger partial charge in [0.15, 0.2) is 0 Å². The summed E-state index contributed by atoms with van der Waals surface area (Å²) in [5, 5.41) is 13.3. The third-order valence-corrected chi connectivity index (χ3v) is 4.24. The molecule has 0 bridgehead atoms. The summed E-state index contributed by atoms with van der Waals surface area (Å²) in [6.45, 7) is 1.03. The summed E-state index contributed by atoms with van der Waals surface area (Å²) >= 11 is 3.55. The van der Waals surface area contributed by atoms with Crippen molar-refractivity contribution < 1.29 is 0 Å². The van der Waals surface area contributed by atoms with Gasteiger partial charge in [-0.15, -0.1) is 0 Å². The number of hydrogen-bond donors (Lipinski definition) is 0. The number of nitrogens with zero attached hydrogens (tertiary/aromatic N) is 5. The molecule has 0 saturated carbocycles. The molecule has 2 aromatic rings. The zero-order chi connectivity index (χ0) is 13.8. The molecular formula is C14H18BrN5. The van der Waals surface area contributed by atoms with Crippen molar-refractivity contribution in [3.05, 3.63) is 30.3 Å². The lowest BCUT2D eigenvalue weighted by atomic mass is 10.0. The fourth-order valence-corrected chi connectivity index (χ4v) is 3.32. The summed E-state index contributed by atoms with van der Waals surface area (Å²) in [6, 6.07) is 10.6. The number of alkyl halides is 1. The van der Waals surface area contributed by atoms with Crippen LogP contribution in [0.25, 0.3) is 5.69 Å². The Hall–Kier alpha value is -1.43. The van der Waals surface area contributed by atoms with Crippen molar-refractivity contribution in [2.75, 3.05) is 16.8 Å². The number of anilines is 1. The molecule has 0 amide bonds. The van der Waals surface area contributed by atoms with Crippen LogP contribution in [0.4, 0.5) is 5.95 Å². The summed E-state index contributed by atoms with van der Waals surface area (Å²) in [4.78, 5) is 2.36. The van der Waals surface area contributed by atoms with Crippen molar-refractivity contribution >= 4 is 21.9 Å². The molecule has 1 aliphatic heterocycles. The number of hydrogen-bond acceptors (Lipinski definition) is 4. The van der Waals surface area contributed by atoms with Gasteiger partial charge in [0.1, 0.15) is 0 Å². The topological polar surface area (TPSA) is 46.8 Å². The predicted octanol–water partition coefficient (Wildman–Crippen LogP) is 2.81. The molecule has 1 unspecified atom stereocenters. The van der Waals surface area contributed by atoms with Gasteiger partial charge in [0.2, 0.25) is 0 Å². The fourth-order valence-electron chi connectivity index (χ4n) is 2.79. The van der Waals surface area contributed by atoms with E-state index in [2.05, 4.69) is 36.4 Å². The SMILES string of the molecule is BrCCC1CCCCN1c1nnnn1-c1ccccc1. The maximum absolute atomic E-state index is 4.26. The van der Waals surface area contributed by atoms with E-state index in [0.717, 1.165) is 29.9 Å². The Morgan fingerprint density at radius 3 is 2.85 bits per heavy atom. The van der Waals surface area contributed by atoms with Crippen molar-refractivity contribution in [3.63, 3.8) is 0 Å². The second-order valence-electron chi connectivity index (χ2n) is 5.05. The van der Waals surface area contributed by atoms with E-state index < -0.39 is 0 Å². The largest absolute Gasteiger partial charge is 0.336 e. The molecule has 1 fully saturated rings. The predicted molar refractivity (Wildman–Crippen MR) is 82.6 cm³/mol. The maximum atomic E-state index is 4.26. The molecule has 1 aromatic heterocycles. The molecule has 0 N–H and O–H groups in total. The van der Waals surface area contributed by atoms with Gasteiger partial charge in [-0.25, -0.2) is 0 Å². The molecule has 5 nitrogen and oxygen atoms in total. The van der Waals surface area contributed by atoms with Gasteiger partial charge in [-0.05, 0) is 48.2 Å². The van der Waals surface area contributed by atoms with Crippen LogP contribution in [-0.2, 0) is 0 Å². The molecule has 106 valence electrons. The number of rotatable bonds is 4. The van der Waals surface area contributed by atoms with Gasteiger partial charge in [0.05, 0.1) is 5.69 Å². The number of para-hydroxylation sites is 1. The van der Waals surface area contributed by atoms with Gasteiger partial charge in [-0.3, -0.25) is 0 Å². The minimum atomic E-state index is 0.525. The maximum Gasteiger partial charge on any atom is 0.250 e. The van der Waals surface area contributed by atoms with Gasteiger partial charge in [-0.1, -0.05) is 39.2 Å². The van der Waals surface area contributed by atoms with E-state index in [1.54, 1.807) is 0 Å². The second-order valence-corrected chi connectivity index (χ2v) is 5.84. The highest BCUT2D eigenvalue weighted by Gasteiger charge is 2.26. The van der Waals surface area contributed by atoms with Gasteiger partial charge < -0.3 is 4.90 Å². The first-order chi connectivity index (χ1) is 9.90. The summed E-state index contributed by atoms with van der Waals surface area (Å²) in [5.41, 5.74) is 1.01. The standard InChI is InChI=1S/C14H18BrN5/c15-10-9-12-6-4-5-11-19(12)14-16-17-18-20(14)13-7-2-1-3-8-13/h1-3,7-8,12H,4-6,9-11H2. The van der Waals surface area contributed by atoms with E-state index in [1.165, 1.54) is 19.3 Å². The minimum Gasteiger partial charge on any atom is -0.336 e. The zero-order valence-corrected chi connectivity index (χ0v) is 12.9. The number of piperidine rings is 1. The van der Waals surface area contributed by atoms with Crippen molar-refractivity contribution in [1.82, 2.24) is 20.2 Å². The lowest BCUT2D eigenvalue weighted by Crippen LogP contribution is -2.41. The first-order valence-corrected chi connectivity index (χ1v) is 8.18. The van der Waals surface area contributed by atoms with Crippen molar-refractivity contribution in [3.8, 4) is 5.69 Å². The molecule has 0 aliphatic carbocycles. The molecule has 1 saturated heterocycles. The lowest BCUT2D eigenvalue weighted by molar-refractivity contribution is 0.443. The summed E-state index contributed by atoms with van der Waals surface area (Å²) < 4.78 is 1.84. The summed E-state index contributed by atoms with van der Waals surface area (Å²) in [5.74, 6) is 0.863. The van der Waals surface area contributed by atoms with Gasteiger partial charge in [-0.2, -0.15) is 4.68 Å². The van der Waals surface area contributed by atoms with Crippen molar-refractivity contribution in [2.45, 2.75) is 31.7 Å². The summed E-state index contributed by atoms with van der Waals surface area (Å²) in [7, 11) is 0. The van der Waals surface area contributed by atoms with Crippen LogP contribution < -0.4 is 4.90 Å². The van der Waals surface area contributed by atoms with Crippen LogP contribution in [0.2, 0.25) is 0 Å². The Labute approximate surface area is 127 Å². The van der Waals surface area contributed by atoms with Crippen molar-refractivity contribution in [2.24, 2.45) is 0 Å². The van der Waals surface area contributed by atoms with Crippen LogP contribution in [0.1, 0.15) is 25.7 Å². The van der Waals surface area contributed by atoms with Crippen LogP contribution >= 0.6 is 15.9 Å². The molecule has 0 spiro atoms. The van der Waals surface area contributed by atoms with Gasteiger partial charge in [0, 0.05) is 17.9 Å². The molecular weight excluding hydrogens is 318 g/mol. The van der Waals surface area contributed by atoms with E-state index in [9.17, 15) is 0 Å². The smallest absolute Gasteiger partial charge is 0.250 e. The van der Waals surface area contributed by atoms with Crippen LogP contribution in [0.3, 0.4) is 0 Å². The van der Waals surface area contributed by atoms with Crippen LogP contribution in [-0.4, -0.2) is 38.1 Å².